The van der Waals surface area contributed by atoms with Gasteiger partial charge in [0.2, 0.25) is 0 Å². The maximum Gasteiger partial charge on any atom is 0.295 e. The molecule has 1 aromatic carbocycles. The van der Waals surface area contributed by atoms with Gasteiger partial charge in [-0.25, -0.2) is 0 Å². The van der Waals surface area contributed by atoms with E-state index in [-0.39, 0.29) is 6.10 Å². The number of aliphatic hydroxyl groups is 6. The van der Waals surface area contributed by atoms with E-state index in [4.69, 9.17) is 9.47 Å². The summed E-state index contributed by atoms with van der Waals surface area (Å²) in [7, 11) is 1.70. The van der Waals surface area contributed by atoms with E-state index < -0.39 is 37.3 Å². The smallest absolute Gasteiger partial charge is 0.295 e. The van der Waals surface area contributed by atoms with Crippen molar-refractivity contribution in [1.82, 2.24) is 5.01 Å². The van der Waals surface area contributed by atoms with Crippen molar-refractivity contribution < 1.29 is 34.6 Å². The molecular formula is C25H33N2O7+. The summed E-state index contributed by atoms with van der Waals surface area (Å²) in [4.78, 5) is 0. The van der Waals surface area contributed by atoms with Gasteiger partial charge in [-0.1, -0.05) is 0 Å². The predicted molar refractivity (Wildman–Crippen MR) is 126 cm³/mol. The first-order chi connectivity index (χ1) is 16.4. The largest absolute Gasteiger partial charge is 0.496 e. The molecule has 5 unspecified atom stereocenters. The summed E-state index contributed by atoms with van der Waals surface area (Å²) < 4.78 is 15.8. The maximum absolute atomic E-state index is 10.3. The van der Waals surface area contributed by atoms with Gasteiger partial charge in [-0.05, 0) is 61.8 Å². The van der Waals surface area contributed by atoms with Crippen LogP contribution in [0.3, 0.4) is 0 Å². The zero-order chi connectivity index (χ0) is 24.0. The summed E-state index contributed by atoms with van der Waals surface area (Å²) in [6.45, 7) is 3.49. The fraction of sp³-hybridized carbons (Fsp3) is 0.520. The molecule has 9 nitrogen and oxygen atoms in total. The Morgan fingerprint density at radius 1 is 1.03 bits per heavy atom. The van der Waals surface area contributed by atoms with Gasteiger partial charge in [0.05, 0.1) is 30.7 Å². The lowest BCUT2D eigenvalue weighted by molar-refractivity contribution is -0.354. The van der Waals surface area contributed by atoms with Crippen LogP contribution in [0.15, 0.2) is 42.0 Å². The summed E-state index contributed by atoms with van der Waals surface area (Å²) >= 11 is 0. The molecule has 0 spiro atoms. The lowest BCUT2D eigenvalue weighted by Crippen LogP contribution is -2.60. The van der Waals surface area contributed by atoms with Gasteiger partial charge in [0.15, 0.2) is 12.2 Å². The highest BCUT2D eigenvalue weighted by Crippen LogP contribution is 2.48. The van der Waals surface area contributed by atoms with Crippen LogP contribution in [0.2, 0.25) is 0 Å². The molecule has 0 radical (unpaired) electrons. The minimum Gasteiger partial charge on any atom is -0.496 e. The molecule has 184 valence electrons. The molecule has 2 fully saturated rings. The number of aryl methyl sites for hydroxylation is 1. The first-order valence-corrected chi connectivity index (χ1v) is 11.8. The third-order valence-corrected chi connectivity index (χ3v) is 6.91. The summed E-state index contributed by atoms with van der Waals surface area (Å²) in [6, 6.07) is 4.27. The number of methoxy groups -OCH3 is 1. The van der Waals surface area contributed by atoms with E-state index >= 15 is 0 Å². The third-order valence-electron chi connectivity index (χ3n) is 6.91. The Morgan fingerprint density at radius 2 is 1.74 bits per heavy atom. The van der Waals surface area contributed by atoms with E-state index in [0.29, 0.717) is 0 Å². The van der Waals surface area contributed by atoms with Gasteiger partial charge in [0.1, 0.15) is 24.1 Å². The van der Waals surface area contributed by atoms with Crippen LogP contribution in [0.1, 0.15) is 24.0 Å². The molecule has 0 amide bonds. The summed E-state index contributed by atoms with van der Waals surface area (Å²) in [6.07, 6.45) is 3.47. The maximum atomic E-state index is 10.3. The highest BCUT2D eigenvalue weighted by Gasteiger charge is 2.47. The standard InChI is InChI=1S/C25H32N2O7/c1-14-11-17-20(18(12-14)32-2)21(27-10-4-3-9-26(17)27)15-5-7-16(8-6-15)33-25-24(31)23(30)22(29)19(13-28)34-25/h5-8,11-12,16,19,22-25,28-31H,3-4,9-10,13H2,1-2H3/p+1. The van der Waals surface area contributed by atoms with E-state index in [2.05, 4.69) is 33.8 Å². The zero-order valence-corrected chi connectivity index (χ0v) is 19.4. The second kappa shape index (κ2) is 9.33. The van der Waals surface area contributed by atoms with Gasteiger partial charge < -0.3 is 34.6 Å². The molecule has 3 heterocycles. The highest BCUT2D eigenvalue weighted by atomic mass is 16.7. The fourth-order valence-electron chi connectivity index (χ4n) is 5.16. The zero-order valence-electron chi connectivity index (χ0n) is 19.4. The van der Waals surface area contributed by atoms with Crippen molar-refractivity contribution in [2.45, 2.75) is 56.6 Å². The van der Waals surface area contributed by atoms with Crippen LogP contribution >= 0.6 is 0 Å². The number of fused-ring (bicyclic) bond motifs is 3. The average molecular weight is 474 g/mol. The van der Waals surface area contributed by atoms with Crippen LogP contribution in [0, 0.1) is 6.92 Å². The Balaban J connectivity index is 1.42. The van der Waals surface area contributed by atoms with Crippen LogP contribution in [-0.2, 0) is 4.74 Å². The normalized spacial score (nSPS) is 32.8. The Bertz CT molecular complexity index is 1000. The van der Waals surface area contributed by atoms with Gasteiger partial charge in [-0.15, -0.1) is 0 Å². The van der Waals surface area contributed by atoms with Gasteiger partial charge >= 0.3 is 0 Å². The molecule has 4 aliphatic rings. The number of ether oxygens (including phenoxy) is 3. The van der Waals surface area contributed by atoms with Gasteiger partial charge in [-0.3, -0.25) is 10.0 Å². The summed E-state index contributed by atoms with van der Waals surface area (Å²) in [5.74, 6) is 0.849. The first-order valence-electron chi connectivity index (χ1n) is 11.8. The minimum absolute atomic E-state index is 0.385. The molecule has 0 bridgehead atoms. The van der Waals surface area contributed by atoms with Crippen LogP contribution in [0.5, 0.6) is 5.75 Å². The van der Waals surface area contributed by atoms with Crippen molar-refractivity contribution in [2.75, 3.05) is 31.8 Å². The lowest BCUT2D eigenvalue weighted by Gasteiger charge is -2.38. The number of nitrogens with zero attached hydrogens (tertiary/aromatic N) is 2. The Hall–Kier alpha value is -2.40. The number of rotatable bonds is 4. The molecule has 0 aromatic heterocycles. The third kappa shape index (κ3) is 3.92. The van der Waals surface area contributed by atoms with E-state index in [1.165, 1.54) is 0 Å². The van der Waals surface area contributed by atoms with E-state index in [1.54, 1.807) is 7.11 Å². The molecule has 5 N–H and O–H groups in total. The molecule has 9 heteroatoms. The van der Waals surface area contributed by atoms with Gasteiger partial charge in [0.25, 0.3) is 6.29 Å². The molecule has 3 aliphatic heterocycles. The van der Waals surface area contributed by atoms with E-state index in [9.17, 15) is 20.4 Å². The quantitative estimate of drug-likeness (QED) is 0.463. The van der Waals surface area contributed by atoms with Crippen LogP contribution in [-0.4, -0.2) is 93.8 Å². The molecule has 5 atom stereocenters. The summed E-state index contributed by atoms with van der Waals surface area (Å²) in [5, 5.41) is 44.4. The second-order valence-electron chi connectivity index (χ2n) is 9.20. The number of allylic oxidation sites excluding steroid dienone is 3. The molecule has 34 heavy (non-hydrogen) atoms. The van der Waals surface area contributed by atoms with Crippen LogP contribution in [0.25, 0.3) is 5.70 Å². The van der Waals surface area contributed by atoms with Crippen LogP contribution in [0.4, 0.5) is 5.69 Å². The molecule has 1 aromatic rings. The van der Waals surface area contributed by atoms with Crippen LogP contribution < -0.4 is 9.75 Å². The monoisotopic (exact) mass is 473 g/mol. The Morgan fingerprint density at radius 3 is 2.41 bits per heavy atom. The van der Waals surface area contributed by atoms with E-state index in [0.717, 1.165) is 59.8 Å². The van der Waals surface area contributed by atoms with Crippen molar-refractivity contribution in [1.29, 1.82) is 0 Å². The Kier molecular flexibility index (Phi) is 6.41. The minimum atomic E-state index is -1.44. The number of anilines is 1. The topological polar surface area (TPSA) is 119 Å². The SMILES string of the molecule is COc1cc(C)cc2c1C(=C1C=CC([OH+]C3OC(CO)C(O)C(O)C3O)C=C1)N1CCCCN21. The van der Waals surface area contributed by atoms with E-state index in [1.807, 2.05) is 24.3 Å². The summed E-state index contributed by atoms with van der Waals surface area (Å²) in [5.41, 5.74) is 5.54. The van der Waals surface area contributed by atoms with Crippen molar-refractivity contribution in [3.8, 4) is 5.75 Å². The molecule has 5 rings (SSSR count). The first kappa shape index (κ1) is 23.3. The van der Waals surface area contributed by atoms with Crippen molar-refractivity contribution in [2.24, 2.45) is 0 Å². The average Bonchev–Trinajstić information content (AvgIpc) is 3.18. The van der Waals surface area contributed by atoms with Crippen molar-refractivity contribution in [3.05, 3.63) is 53.1 Å². The van der Waals surface area contributed by atoms with Crippen molar-refractivity contribution >= 4 is 11.4 Å². The van der Waals surface area contributed by atoms with Gasteiger partial charge in [0, 0.05) is 18.7 Å². The highest BCUT2D eigenvalue weighted by molar-refractivity contribution is 5.90. The molecule has 0 saturated carbocycles. The Labute approximate surface area is 198 Å². The predicted octanol–water partition coefficient (Wildman–Crippen LogP) is 0.368. The second-order valence-corrected chi connectivity index (χ2v) is 9.20. The molecule has 2 saturated heterocycles. The number of benzene rings is 1. The van der Waals surface area contributed by atoms with Gasteiger partial charge in [-0.2, -0.15) is 0 Å². The molecule has 1 aliphatic carbocycles. The number of aliphatic hydroxyl groups excluding tert-OH is 4. The number of hydrogen-bond acceptors (Lipinski definition) is 8. The molecular weight excluding hydrogens is 440 g/mol. The number of hydrogen-bond donors (Lipinski definition) is 4. The fourth-order valence-corrected chi connectivity index (χ4v) is 5.16. The lowest BCUT2D eigenvalue weighted by atomic mass is 9.98. The van der Waals surface area contributed by atoms with Crippen molar-refractivity contribution in [3.63, 3.8) is 0 Å². The number of hydrazine groups is 1.